The molecule has 1 atom stereocenters. The molecule has 0 fully saturated rings. The van der Waals surface area contributed by atoms with Crippen LogP contribution in [0.4, 0.5) is 0 Å². The van der Waals surface area contributed by atoms with Crippen molar-refractivity contribution >= 4 is 56.4 Å². The molecule has 0 aliphatic heterocycles. The van der Waals surface area contributed by atoms with E-state index in [0.717, 1.165) is 5.56 Å². The van der Waals surface area contributed by atoms with Gasteiger partial charge in [-0.2, -0.15) is 4.72 Å². The molecule has 8 heteroatoms. The van der Waals surface area contributed by atoms with Crippen molar-refractivity contribution in [3.8, 4) is 0 Å². The maximum absolute atomic E-state index is 12.5. The number of sulfonamides is 1. The normalized spacial score (nSPS) is 13.8. The highest BCUT2D eigenvalue weighted by Gasteiger charge is 2.37. The van der Waals surface area contributed by atoms with Gasteiger partial charge in [-0.05, 0) is 36.8 Å². The number of aryl methyl sites for hydroxylation is 1. The highest BCUT2D eigenvalue weighted by Crippen LogP contribution is 2.40. The van der Waals surface area contributed by atoms with E-state index in [1.54, 1.807) is 12.1 Å². The van der Waals surface area contributed by atoms with Gasteiger partial charge in [0.2, 0.25) is 13.8 Å². The van der Waals surface area contributed by atoms with Gasteiger partial charge >= 0.3 is 0 Å². The largest absolute Gasteiger partial charge is 0.241 e. The van der Waals surface area contributed by atoms with Crippen LogP contribution in [0, 0.1) is 6.92 Å². The van der Waals surface area contributed by atoms with E-state index in [9.17, 15) is 8.42 Å². The lowest BCUT2D eigenvalue weighted by atomic mass is 10.1. The third-order valence-electron chi connectivity index (χ3n) is 3.13. The summed E-state index contributed by atoms with van der Waals surface area (Å²) < 4.78 is 25.6. The number of rotatable bonds is 4. The molecule has 23 heavy (non-hydrogen) atoms. The Bertz CT molecular complexity index is 769. The van der Waals surface area contributed by atoms with Crippen LogP contribution in [0.25, 0.3) is 0 Å². The predicted octanol–water partition coefficient (Wildman–Crippen LogP) is 5.04. The Hall–Kier alpha value is -0.490. The van der Waals surface area contributed by atoms with Crippen LogP contribution in [0.5, 0.6) is 0 Å². The van der Waals surface area contributed by atoms with E-state index in [-0.39, 0.29) is 4.90 Å². The molecule has 0 saturated heterocycles. The summed E-state index contributed by atoms with van der Waals surface area (Å²) in [5, 5.41) is 0.431. The fraction of sp³-hybridized carbons (Fsp3) is 0.200. The number of hydrogen-bond donors (Lipinski definition) is 1. The molecule has 3 nitrogen and oxygen atoms in total. The smallest absolute Gasteiger partial charge is 0.207 e. The Labute approximate surface area is 155 Å². The zero-order valence-corrected chi connectivity index (χ0v) is 15.8. The van der Waals surface area contributed by atoms with E-state index in [4.69, 9.17) is 46.4 Å². The number of benzene rings is 2. The molecule has 0 bridgehead atoms. The van der Waals surface area contributed by atoms with E-state index in [1.807, 2.05) is 19.1 Å². The van der Waals surface area contributed by atoms with Crippen molar-refractivity contribution in [3.63, 3.8) is 0 Å². The van der Waals surface area contributed by atoms with E-state index >= 15 is 0 Å². The molecule has 2 rings (SSSR count). The number of halogens is 4. The second kappa shape index (κ2) is 7.18. The summed E-state index contributed by atoms with van der Waals surface area (Å²) in [6.45, 7) is 1.91. The van der Waals surface area contributed by atoms with Gasteiger partial charge in [-0.15, -0.1) is 0 Å². The topological polar surface area (TPSA) is 46.2 Å². The Morgan fingerprint density at radius 1 is 0.957 bits per heavy atom. The first-order valence-corrected chi connectivity index (χ1v) is 9.50. The summed E-state index contributed by atoms with van der Waals surface area (Å²) in [6.07, 6.45) is 0. The summed E-state index contributed by atoms with van der Waals surface area (Å²) in [7, 11) is -3.88. The van der Waals surface area contributed by atoms with Gasteiger partial charge in [0.1, 0.15) is 0 Å². The van der Waals surface area contributed by atoms with Crippen molar-refractivity contribution in [2.45, 2.75) is 21.7 Å². The maximum atomic E-state index is 12.5. The Kier molecular flexibility index (Phi) is 5.88. The molecule has 0 aromatic heterocycles. The third-order valence-corrected chi connectivity index (χ3v) is 5.48. The number of nitrogens with one attached hydrogen (secondary N) is 1. The molecule has 1 unspecified atom stereocenters. The molecule has 0 spiro atoms. The van der Waals surface area contributed by atoms with E-state index in [1.165, 1.54) is 24.3 Å². The van der Waals surface area contributed by atoms with Gasteiger partial charge in [-0.1, -0.05) is 76.2 Å². The molecule has 2 aromatic carbocycles. The highest BCUT2D eigenvalue weighted by molar-refractivity contribution is 7.89. The van der Waals surface area contributed by atoms with Crippen LogP contribution >= 0.6 is 46.4 Å². The van der Waals surface area contributed by atoms with Gasteiger partial charge in [0, 0.05) is 5.02 Å². The lowest BCUT2D eigenvalue weighted by Crippen LogP contribution is -2.36. The van der Waals surface area contributed by atoms with E-state index < -0.39 is 19.9 Å². The van der Waals surface area contributed by atoms with Gasteiger partial charge in [-0.3, -0.25) is 0 Å². The van der Waals surface area contributed by atoms with Crippen LogP contribution in [0.15, 0.2) is 53.4 Å². The molecule has 0 radical (unpaired) electrons. The Morgan fingerprint density at radius 3 is 1.96 bits per heavy atom. The van der Waals surface area contributed by atoms with Gasteiger partial charge < -0.3 is 0 Å². The van der Waals surface area contributed by atoms with Crippen LogP contribution < -0.4 is 4.72 Å². The lowest BCUT2D eigenvalue weighted by molar-refractivity contribution is 0.558. The lowest BCUT2D eigenvalue weighted by Gasteiger charge is -2.26. The molecular weight excluding hydrogens is 400 g/mol. The molecule has 0 aliphatic carbocycles. The highest BCUT2D eigenvalue weighted by atomic mass is 35.6. The summed E-state index contributed by atoms with van der Waals surface area (Å²) in [5.41, 5.74) is 1.56. The van der Waals surface area contributed by atoms with Gasteiger partial charge in [-0.25, -0.2) is 8.42 Å². The van der Waals surface area contributed by atoms with Crippen LogP contribution in [0.2, 0.25) is 5.02 Å². The van der Waals surface area contributed by atoms with Crippen molar-refractivity contribution in [3.05, 3.63) is 64.7 Å². The van der Waals surface area contributed by atoms with Crippen LogP contribution in [0.3, 0.4) is 0 Å². The van der Waals surface area contributed by atoms with Crippen LogP contribution in [-0.4, -0.2) is 12.2 Å². The fourth-order valence-electron chi connectivity index (χ4n) is 1.92. The Balaban J connectivity index is 2.38. The van der Waals surface area contributed by atoms with Crippen molar-refractivity contribution < 1.29 is 8.42 Å². The first-order chi connectivity index (χ1) is 10.6. The second-order valence-corrected chi connectivity index (χ2v) is 9.48. The molecule has 0 heterocycles. The van der Waals surface area contributed by atoms with Crippen molar-refractivity contribution in [2.24, 2.45) is 0 Å². The van der Waals surface area contributed by atoms with Gasteiger partial charge in [0.25, 0.3) is 0 Å². The molecular formula is C15H13Cl4NO2S. The number of hydrogen-bond acceptors (Lipinski definition) is 2. The second-order valence-electron chi connectivity index (χ2n) is 4.96. The fourth-order valence-corrected chi connectivity index (χ4v) is 4.04. The minimum Gasteiger partial charge on any atom is -0.207 e. The van der Waals surface area contributed by atoms with Crippen molar-refractivity contribution in [1.29, 1.82) is 0 Å². The Morgan fingerprint density at radius 2 is 1.48 bits per heavy atom. The summed E-state index contributed by atoms with van der Waals surface area (Å²) in [6, 6.07) is 11.8. The average Bonchev–Trinajstić information content (AvgIpc) is 2.45. The molecule has 1 N–H and O–H groups in total. The monoisotopic (exact) mass is 411 g/mol. The minimum atomic E-state index is -3.88. The molecule has 0 aliphatic rings. The first-order valence-electron chi connectivity index (χ1n) is 6.51. The maximum Gasteiger partial charge on any atom is 0.241 e. The molecule has 124 valence electrons. The van der Waals surface area contributed by atoms with Crippen LogP contribution in [0.1, 0.15) is 17.2 Å². The SMILES string of the molecule is Cc1ccc(C(NS(=O)(=O)c2ccc(Cl)cc2)C(Cl)(Cl)Cl)cc1. The summed E-state index contributed by atoms with van der Waals surface area (Å²) in [4.78, 5) is 0.0354. The third kappa shape index (κ3) is 4.99. The van der Waals surface area contributed by atoms with Crippen molar-refractivity contribution in [2.75, 3.05) is 0 Å². The molecule has 0 amide bonds. The van der Waals surface area contributed by atoms with Gasteiger partial charge in [0.05, 0.1) is 10.9 Å². The summed E-state index contributed by atoms with van der Waals surface area (Å²) >= 11 is 23.7. The molecule has 2 aromatic rings. The standard InChI is InChI=1S/C15H13Cl4NO2S/c1-10-2-4-11(5-3-10)14(15(17,18)19)20-23(21,22)13-8-6-12(16)7-9-13/h2-9,14,20H,1H3. The number of alkyl halides is 3. The van der Waals surface area contributed by atoms with Gasteiger partial charge in [0.15, 0.2) is 0 Å². The van der Waals surface area contributed by atoms with E-state index in [2.05, 4.69) is 4.72 Å². The molecule has 0 saturated carbocycles. The zero-order chi connectivity index (χ0) is 17.3. The van der Waals surface area contributed by atoms with Crippen molar-refractivity contribution in [1.82, 2.24) is 4.72 Å². The summed E-state index contributed by atoms with van der Waals surface area (Å²) in [5.74, 6) is 0. The quantitative estimate of drug-likeness (QED) is 0.715. The zero-order valence-electron chi connectivity index (χ0n) is 11.9. The first kappa shape index (κ1) is 18.8. The van der Waals surface area contributed by atoms with E-state index in [0.29, 0.717) is 10.6 Å². The minimum absolute atomic E-state index is 0.0354. The average molecular weight is 413 g/mol. The predicted molar refractivity (Wildman–Crippen MR) is 96.0 cm³/mol. The van der Waals surface area contributed by atoms with Crippen LogP contribution in [-0.2, 0) is 10.0 Å².